The fourth-order valence-electron chi connectivity index (χ4n) is 4.83. The van der Waals surface area contributed by atoms with Crippen LogP contribution in [0.5, 0.6) is 0 Å². The Morgan fingerprint density at radius 3 is 2.50 bits per heavy atom. The summed E-state index contributed by atoms with van der Waals surface area (Å²) >= 11 is 6.35. The first-order valence-corrected chi connectivity index (χ1v) is 15.8. The third-order valence-corrected chi connectivity index (χ3v) is 10.8. The molecule has 0 amide bonds. The number of rotatable bonds is 7. The van der Waals surface area contributed by atoms with E-state index in [0.717, 1.165) is 11.6 Å². The number of carbonyl (C=O) groups is 1. The predicted molar refractivity (Wildman–Crippen MR) is 144 cm³/mol. The van der Waals surface area contributed by atoms with Gasteiger partial charge in [-0.15, -0.1) is 0 Å². The fourth-order valence-corrected chi connectivity index (χ4v) is 9.49. The molecule has 2 aliphatic rings. The van der Waals surface area contributed by atoms with Crippen LogP contribution in [0, 0.1) is 5.82 Å². The Bertz CT molecular complexity index is 1490. The normalized spacial score (nSPS) is 22.4. The molecule has 1 unspecified atom stereocenters. The highest BCUT2D eigenvalue weighted by molar-refractivity contribution is 7.97. The molecule has 2 aromatic carbocycles. The minimum Gasteiger partial charge on any atom is -0.461 e. The minimum atomic E-state index is -4.17. The van der Waals surface area contributed by atoms with Crippen LogP contribution >= 0.6 is 11.6 Å². The first kappa shape index (κ1) is 28.4. The first-order valence-electron chi connectivity index (χ1n) is 11.9. The molecule has 1 fully saturated rings. The van der Waals surface area contributed by atoms with Crippen LogP contribution in [-0.4, -0.2) is 76.1 Å². The number of carbonyl (C=O) groups excluding carboxylic acids is 1. The van der Waals surface area contributed by atoms with Gasteiger partial charge in [0.1, 0.15) is 17.7 Å². The molecule has 204 valence electrons. The van der Waals surface area contributed by atoms with Crippen LogP contribution in [0.1, 0.15) is 24.0 Å². The first-order chi connectivity index (χ1) is 17.9. The molecule has 2 heterocycles. The summed E-state index contributed by atoms with van der Waals surface area (Å²) in [7, 11) is -6.08. The zero-order valence-electron chi connectivity index (χ0n) is 20.9. The number of ether oxygens (including phenoxy) is 1. The van der Waals surface area contributed by atoms with Gasteiger partial charge in [0.25, 0.3) is 0 Å². The average Bonchev–Trinajstić information content (AvgIpc) is 2.91. The Hall–Kier alpha value is -2.60. The van der Waals surface area contributed by atoms with Crippen LogP contribution in [0.2, 0.25) is 5.02 Å². The smallest absolute Gasteiger partial charge is 0.336 e. The van der Waals surface area contributed by atoms with Crippen molar-refractivity contribution < 1.29 is 30.8 Å². The lowest BCUT2D eigenvalue weighted by molar-refractivity contribution is -0.139. The second-order valence-corrected chi connectivity index (χ2v) is 14.3. The van der Waals surface area contributed by atoms with Crippen LogP contribution in [-0.2, 0) is 35.8 Å². The Labute approximate surface area is 227 Å². The fraction of sp³-hybridized carbons (Fsp3) is 0.385. The largest absolute Gasteiger partial charge is 0.461 e. The van der Waals surface area contributed by atoms with Gasteiger partial charge in [0, 0.05) is 35.3 Å². The van der Waals surface area contributed by atoms with Crippen molar-refractivity contribution in [1.29, 1.82) is 0 Å². The molecule has 0 N–H and O–H groups in total. The zero-order chi connectivity index (χ0) is 27.7. The number of aliphatic imine (C=N–C) groups is 1. The van der Waals surface area contributed by atoms with E-state index >= 15 is 4.39 Å². The van der Waals surface area contributed by atoms with Crippen LogP contribution in [0.25, 0.3) is 0 Å². The second kappa shape index (κ2) is 11.3. The SMILES string of the molecule is CC1=C(C(=O)OCCN(C)Cc2ccccc2)[C@H](c2c(F)cccc2Cl)C2C(=N1)CS(=O)(=O)CCS2(=O)=O. The Kier molecular flexibility index (Phi) is 8.41. The van der Waals surface area contributed by atoms with Crippen molar-refractivity contribution in [3.8, 4) is 0 Å². The molecule has 8 nitrogen and oxygen atoms in total. The lowest BCUT2D eigenvalue weighted by atomic mass is 9.83. The Morgan fingerprint density at radius 2 is 1.82 bits per heavy atom. The summed E-state index contributed by atoms with van der Waals surface area (Å²) in [6.45, 7) is 2.44. The van der Waals surface area contributed by atoms with E-state index in [-0.39, 0.29) is 34.2 Å². The Morgan fingerprint density at radius 1 is 1.11 bits per heavy atom. The van der Waals surface area contributed by atoms with E-state index in [1.54, 1.807) is 0 Å². The van der Waals surface area contributed by atoms with Crippen LogP contribution in [0.3, 0.4) is 0 Å². The number of hydrogen-bond donors (Lipinski definition) is 0. The minimum absolute atomic E-state index is 0.0148. The van der Waals surface area contributed by atoms with Gasteiger partial charge in [0.2, 0.25) is 0 Å². The summed E-state index contributed by atoms with van der Waals surface area (Å²) < 4.78 is 72.5. The number of benzene rings is 2. The Balaban J connectivity index is 1.68. The highest BCUT2D eigenvalue weighted by Gasteiger charge is 2.49. The van der Waals surface area contributed by atoms with Gasteiger partial charge in [-0.25, -0.2) is 26.0 Å². The monoisotopic (exact) mass is 582 g/mol. The summed E-state index contributed by atoms with van der Waals surface area (Å²) in [5.74, 6) is -4.95. The molecular weight excluding hydrogens is 555 g/mol. The molecule has 0 bridgehead atoms. The summed E-state index contributed by atoms with van der Waals surface area (Å²) in [4.78, 5) is 19.6. The molecule has 12 heteroatoms. The van der Waals surface area contributed by atoms with Crippen molar-refractivity contribution in [1.82, 2.24) is 4.90 Å². The van der Waals surface area contributed by atoms with Crippen LogP contribution in [0.15, 0.2) is 64.8 Å². The highest BCUT2D eigenvalue weighted by atomic mass is 35.5. The number of allylic oxidation sites excluding steroid dienone is 1. The van der Waals surface area contributed by atoms with E-state index in [1.807, 2.05) is 42.3 Å². The van der Waals surface area contributed by atoms with Gasteiger partial charge in [0.15, 0.2) is 19.7 Å². The van der Waals surface area contributed by atoms with Gasteiger partial charge < -0.3 is 4.74 Å². The van der Waals surface area contributed by atoms with E-state index < -0.39 is 59.9 Å². The second-order valence-electron chi connectivity index (χ2n) is 9.45. The summed E-state index contributed by atoms with van der Waals surface area (Å²) in [5.41, 5.74) is 0.636. The van der Waals surface area contributed by atoms with Crippen molar-refractivity contribution in [3.05, 3.63) is 81.8 Å². The summed E-state index contributed by atoms with van der Waals surface area (Å²) in [6.07, 6.45) is 0. The standard InChI is InChI=1S/C26H28ClFN2O6S2/c1-17-22(26(31)36-12-11-30(2)15-18-7-4-3-5-8-18)24(23-19(27)9-6-10-20(23)28)25-21(29-17)16-37(32,33)13-14-38(25,34)35/h3-10,24-25H,11-16H2,1-2H3/t24-,25?/m1/s1. The van der Waals surface area contributed by atoms with Gasteiger partial charge in [-0.1, -0.05) is 48.0 Å². The van der Waals surface area contributed by atoms with Crippen molar-refractivity contribution >= 4 is 43.0 Å². The van der Waals surface area contributed by atoms with E-state index in [0.29, 0.717) is 13.1 Å². The molecule has 0 aromatic heterocycles. The predicted octanol–water partition coefficient (Wildman–Crippen LogP) is 3.18. The van der Waals surface area contributed by atoms with Crippen molar-refractivity contribution in [2.24, 2.45) is 4.99 Å². The van der Waals surface area contributed by atoms with Crippen molar-refractivity contribution in [2.75, 3.05) is 37.5 Å². The van der Waals surface area contributed by atoms with Crippen molar-refractivity contribution in [2.45, 2.75) is 24.6 Å². The van der Waals surface area contributed by atoms with Gasteiger partial charge in [-0.05, 0) is 31.7 Å². The number of sulfone groups is 2. The third-order valence-electron chi connectivity index (χ3n) is 6.61. The van der Waals surface area contributed by atoms with E-state index in [2.05, 4.69) is 4.99 Å². The van der Waals surface area contributed by atoms with Gasteiger partial charge in [-0.3, -0.25) is 9.89 Å². The third kappa shape index (κ3) is 6.17. The molecule has 2 aliphatic heterocycles. The molecule has 4 rings (SSSR count). The van der Waals surface area contributed by atoms with Gasteiger partial charge in [0.05, 0.1) is 28.5 Å². The van der Waals surface area contributed by atoms with Gasteiger partial charge in [-0.2, -0.15) is 0 Å². The van der Waals surface area contributed by atoms with Crippen LogP contribution < -0.4 is 0 Å². The highest BCUT2D eigenvalue weighted by Crippen LogP contribution is 2.43. The van der Waals surface area contributed by atoms with E-state index in [4.69, 9.17) is 16.3 Å². The summed E-state index contributed by atoms with van der Waals surface area (Å²) in [6, 6.07) is 13.6. The number of hydrogen-bond acceptors (Lipinski definition) is 8. The average molecular weight is 583 g/mol. The number of likely N-dealkylation sites (N-methyl/N-ethyl adjacent to an activating group) is 1. The number of halogens is 2. The van der Waals surface area contributed by atoms with Crippen LogP contribution in [0.4, 0.5) is 4.39 Å². The molecule has 1 saturated heterocycles. The molecular formula is C26H28ClFN2O6S2. The maximum Gasteiger partial charge on any atom is 0.336 e. The molecule has 2 atom stereocenters. The molecule has 0 spiro atoms. The lowest BCUT2D eigenvalue weighted by Gasteiger charge is -2.33. The molecule has 38 heavy (non-hydrogen) atoms. The summed E-state index contributed by atoms with van der Waals surface area (Å²) in [5, 5.41) is -1.65. The zero-order valence-corrected chi connectivity index (χ0v) is 23.3. The molecule has 2 aromatic rings. The number of nitrogens with zero attached hydrogens (tertiary/aromatic N) is 2. The molecule has 0 radical (unpaired) electrons. The maximum absolute atomic E-state index is 15.2. The van der Waals surface area contributed by atoms with E-state index in [9.17, 15) is 21.6 Å². The van der Waals surface area contributed by atoms with Crippen molar-refractivity contribution in [3.63, 3.8) is 0 Å². The maximum atomic E-state index is 15.2. The van der Waals surface area contributed by atoms with Gasteiger partial charge >= 0.3 is 5.97 Å². The lowest BCUT2D eigenvalue weighted by Crippen LogP contribution is -2.43. The molecule has 0 saturated carbocycles. The quantitative estimate of drug-likeness (QED) is 0.461. The number of fused-ring (bicyclic) bond motifs is 1. The number of esters is 1. The molecule has 0 aliphatic carbocycles. The van der Waals surface area contributed by atoms with E-state index in [1.165, 1.54) is 19.1 Å². The topological polar surface area (TPSA) is 110 Å².